The molecule has 0 radical (unpaired) electrons. The lowest BCUT2D eigenvalue weighted by Gasteiger charge is -2.40. The highest BCUT2D eigenvalue weighted by molar-refractivity contribution is 5.95. The van der Waals surface area contributed by atoms with Crippen LogP contribution in [0.15, 0.2) is 0 Å². The highest BCUT2D eigenvalue weighted by Crippen LogP contribution is 2.30. The van der Waals surface area contributed by atoms with Crippen LogP contribution in [0.25, 0.3) is 0 Å². The number of hydrogen-bond donors (Lipinski definition) is 1. The highest BCUT2D eigenvalue weighted by Gasteiger charge is 2.39. The van der Waals surface area contributed by atoms with E-state index in [9.17, 15) is 9.59 Å². The lowest BCUT2D eigenvalue weighted by molar-refractivity contribution is -0.149. The fourth-order valence-corrected chi connectivity index (χ4v) is 3.04. The van der Waals surface area contributed by atoms with Crippen LogP contribution >= 0.6 is 0 Å². The van der Waals surface area contributed by atoms with Gasteiger partial charge >= 0.3 is 0 Å². The Morgan fingerprint density at radius 3 is 2.67 bits per heavy atom. The molecule has 5 nitrogen and oxygen atoms in total. The standard InChI is InChI=1S/C13H22N2O3/c1-18-8-7-15-11(16)9-14-13(17)12(15)10-5-3-2-4-6-10/h10,12H,2-9H2,1H3,(H,14,17). The maximum absolute atomic E-state index is 12.1. The van der Waals surface area contributed by atoms with E-state index in [1.165, 1.54) is 19.3 Å². The predicted octanol–water partition coefficient (Wildman–Crippen LogP) is 0.540. The molecule has 1 saturated heterocycles. The van der Waals surface area contributed by atoms with E-state index < -0.39 is 0 Å². The lowest BCUT2D eigenvalue weighted by Crippen LogP contribution is -2.61. The van der Waals surface area contributed by atoms with Gasteiger partial charge in [0, 0.05) is 13.7 Å². The second kappa shape index (κ2) is 6.18. The van der Waals surface area contributed by atoms with Gasteiger partial charge in [-0.15, -0.1) is 0 Å². The Morgan fingerprint density at radius 2 is 2.00 bits per heavy atom. The molecular formula is C13H22N2O3. The predicted molar refractivity (Wildman–Crippen MR) is 67.0 cm³/mol. The smallest absolute Gasteiger partial charge is 0.243 e. The number of amides is 2. The zero-order valence-corrected chi connectivity index (χ0v) is 11.0. The molecule has 1 aliphatic carbocycles. The van der Waals surface area contributed by atoms with E-state index in [2.05, 4.69) is 5.32 Å². The fourth-order valence-electron chi connectivity index (χ4n) is 3.04. The Kier molecular flexibility index (Phi) is 4.58. The molecule has 0 aromatic heterocycles. The van der Waals surface area contributed by atoms with Crippen LogP contribution in [0.4, 0.5) is 0 Å². The van der Waals surface area contributed by atoms with Crippen molar-refractivity contribution < 1.29 is 14.3 Å². The lowest BCUT2D eigenvalue weighted by atomic mass is 9.82. The Balaban J connectivity index is 2.08. The molecule has 1 atom stereocenters. The summed E-state index contributed by atoms with van der Waals surface area (Å²) in [4.78, 5) is 25.7. The number of carbonyl (C=O) groups is 2. The molecule has 5 heteroatoms. The number of hydrogen-bond acceptors (Lipinski definition) is 3. The minimum absolute atomic E-state index is 0.0117. The average Bonchev–Trinajstić information content (AvgIpc) is 2.40. The van der Waals surface area contributed by atoms with Gasteiger partial charge in [0.2, 0.25) is 11.8 Å². The van der Waals surface area contributed by atoms with E-state index >= 15 is 0 Å². The van der Waals surface area contributed by atoms with Crippen molar-refractivity contribution in [2.75, 3.05) is 26.8 Å². The Hall–Kier alpha value is -1.10. The van der Waals surface area contributed by atoms with Crippen molar-refractivity contribution in [1.82, 2.24) is 10.2 Å². The molecule has 0 aromatic carbocycles. The van der Waals surface area contributed by atoms with Gasteiger partial charge in [-0.1, -0.05) is 19.3 Å². The van der Waals surface area contributed by atoms with Gasteiger partial charge in [0.25, 0.3) is 0 Å². The maximum atomic E-state index is 12.1. The Morgan fingerprint density at radius 1 is 1.28 bits per heavy atom. The SMILES string of the molecule is COCCN1C(=O)CNC(=O)C1C1CCCCC1. The molecule has 2 fully saturated rings. The van der Waals surface area contributed by atoms with E-state index in [0.29, 0.717) is 19.1 Å². The van der Waals surface area contributed by atoms with Crippen LogP contribution in [-0.4, -0.2) is 49.6 Å². The minimum Gasteiger partial charge on any atom is -0.383 e. The van der Waals surface area contributed by atoms with Crippen molar-refractivity contribution in [2.45, 2.75) is 38.1 Å². The summed E-state index contributed by atoms with van der Waals surface area (Å²) in [6.07, 6.45) is 5.68. The third-order valence-electron chi connectivity index (χ3n) is 3.97. The molecule has 2 aliphatic rings. The van der Waals surface area contributed by atoms with E-state index in [1.54, 1.807) is 12.0 Å². The van der Waals surface area contributed by atoms with Crippen molar-refractivity contribution in [3.63, 3.8) is 0 Å². The van der Waals surface area contributed by atoms with Gasteiger partial charge in [-0.05, 0) is 18.8 Å². The second-order valence-electron chi connectivity index (χ2n) is 5.14. The number of rotatable bonds is 4. The highest BCUT2D eigenvalue weighted by atomic mass is 16.5. The van der Waals surface area contributed by atoms with Crippen LogP contribution in [-0.2, 0) is 14.3 Å². The first-order valence-corrected chi connectivity index (χ1v) is 6.80. The van der Waals surface area contributed by atoms with Crippen LogP contribution in [0.2, 0.25) is 0 Å². The van der Waals surface area contributed by atoms with Gasteiger partial charge < -0.3 is 15.0 Å². The number of methoxy groups -OCH3 is 1. The number of ether oxygens (including phenoxy) is 1. The van der Waals surface area contributed by atoms with Gasteiger partial charge in [-0.3, -0.25) is 9.59 Å². The fraction of sp³-hybridized carbons (Fsp3) is 0.846. The van der Waals surface area contributed by atoms with Gasteiger partial charge in [-0.25, -0.2) is 0 Å². The van der Waals surface area contributed by atoms with Crippen molar-refractivity contribution in [2.24, 2.45) is 5.92 Å². The summed E-state index contributed by atoms with van der Waals surface area (Å²) in [7, 11) is 1.62. The van der Waals surface area contributed by atoms with Crippen molar-refractivity contribution >= 4 is 11.8 Å². The van der Waals surface area contributed by atoms with E-state index in [-0.39, 0.29) is 24.4 Å². The molecule has 0 bridgehead atoms. The molecule has 0 aromatic rings. The van der Waals surface area contributed by atoms with Crippen LogP contribution in [0.1, 0.15) is 32.1 Å². The molecule has 1 aliphatic heterocycles. The quantitative estimate of drug-likeness (QED) is 0.796. The third kappa shape index (κ3) is 2.83. The van der Waals surface area contributed by atoms with Crippen molar-refractivity contribution in [1.29, 1.82) is 0 Å². The minimum atomic E-state index is -0.276. The van der Waals surface area contributed by atoms with E-state index in [0.717, 1.165) is 12.8 Å². The van der Waals surface area contributed by atoms with Crippen molar-refractivity contribution in [3.8, 4) is 0 Å². The maximum Gasteiger partial charge on any atom is 0.243 e. The first kappa shape index (κ1) is 13.3. The zero-order valence-electron chi connectivity index (χ0n) is 11.0. The zero-order chi connectivity index (χ0) is 13.0. The molecule has 1 saturated carbocycles. The molecule has 18 heavy (non-hydrogen) atoms. The van der Waals surface area contributed by atoms with Crippen LogP contribution in [0.3, 0.4) is 0 Å². The number of piperazine rings is 1. The van der Waals surface area contributed by atoms with Crippen LogP contribution in [0, 0.1) is 5.92 Å². The summed E-state index contributed by atoms with van der Waals surface area (Å²) in [6, 6.07) is -0.276. The number of nitrogens with one attached hydrogen (secondary N) is 1. The Bertz CT molecular complexity index is 313. The van der Waals surface area contributed by atoms with Gasteiger partial charge in [-0.2, -0.15) is 0 Å². The number of carbonyl (C=O) groups excluding carboxylic acids is 2. The molecule has 1 N–H and O–H groups in total. The normalized spacial score (nSPS) is 26.3. The molecule has 1 unspecified atom stereocenters. The van der Waals surface area contributed by atoms with Gasteiger partial charge in [0.15, 0.2) is 0 Å². The summed E-state index contributed by atoms with van der Waals surface area (Å²) in [6.45, 7) is 1.14. The van der Waals surface area contributed by atoms with Gasteiger partial charge in [0.05, 0.1) is 13.2 Å². The second-order valence-corrected chi connectivity index (χ2v) is 5.14. The third-order valence-corrected chi connectivity index (χ3v) is 3.97. The topological polar surface area (TPSA) is 58.6 Å². The molecule has 2 amide bonds. The van der Waals surface area contributed by atoms with Gasteiger partial charge in [0.1, 0.15) is 6.04 Å². The summed E-state index contributed by atoms with van der Waals surface area (Å²) in [5.74, 6) is 0.347. The molecular weight excluding hydrogens is 232 g/mol. The van der Waals surface area contributed by atoms with Crippen LogP contribution in [0.5, 0.6) is 0 Å². The summed E-state index contributed by atoms with van der Waals surface area (Å²) >= 11 is 0. The van der Waals surface area contributed by atoms with E-state index in [4.69, 9.17) is 4.74 Å². The molecule has 1 heterocycles. The largest absolute Gasteiger partial charge is 0.383 e. The first-order valence-electron chi connectivity index (χ1n) is 6.80. The van der Waals surface area contributed by atoms with E-state index in [1.807, 2.05) is 0 Å². The molecule has 102 valence electrons. The number of nitrogens with zero attached hydrogens (tertiary/aromatic N) is 1. The molecule has 2 rings (SSSR count). The monoisotopic (exact) mass is 254 g/mol. The van der Waals surface area contributed by atoms with Crippen LogP contribution < -0.4 is 5.32 Å². The summed E-state index contributed by atoms with van der Waals surface area (Å²) in [5, 5.41) is 2.71. The first-order chi connectivity index (χ1) is 8.74. The Labute approximate surface area is 108 Å². The van der Waals surface area contributed by atoms with Crippen molar-refractivity contribution in [3.05, 3.63) is 0 Å². The summed E-state index contributed by atoms with van der Waals surface area (Å²) < 4.78 is 5.04. The summed E-state index contributed by atoms with van der Waals surface area (Å²) in [5.41, 5.74) is 0. The molecule has 0 spiro atoms. The average molecular weight is 254 g/mol.